The molecule has 1 aromatic rings. The highest BCUT2D eigenvalue weighted by Gasteiger charge is 2.30. The van der Waals surface area contributed by atoms with Crippen LogP contribution in [0.3, 0.4) is 0 Å². The smallest absolute Gasteiger partial charge is 0.216 e. The predicted molar refractivity (Wildman–Crippen MR) is 77.2 cm³/mol. The normalized spacial score (nSPS) is 17.4. The Morgan fingerprint density at radius 1 is 1.32 bits per heavy atom. The summed E-state index contributed by atoms with van der Waals surface area (Å²) in [5, 5.41) is 3.06. The molecule has 1 unspecified atom stereocenters. The van der Waals surface area contributed by atoms with Gasteiger partial charge < -0.3 is 5.32 Å². The average molecular weight is 282 g/mol. The van der Waals surface area contributed by atoms with Gasteiger partial charge in [-0.25, -0.2) is 13.1 Å². The summed E-state index contributed by atoms with van der Waals surface area (Å²) in [6.07, 6.45) is 2.28. The summed E-state index contributed by atoms with van der Waals surface area (Å²) in [5.41, 5.74) is 1.94. The number of benzene rings is 1. The Hall–Kier alpha value is -0.910. The quantitative estimate of drug-likeness (QED) is 0.799. The Bertz CT molecular complexity index is 524. The van der Waals surface area contributed by atoms with Crippen molar-refractivity contribution < 1.29 is 8.42 Å². The van der Waals surface area contributed by atoms with Crippen molar-refractivity contribution in [3.05, 3.63) is 35.4 Å². The molecule has 1 aromatic carbocycles. The molecule has 0 radical (unpaired) electrons. The molecule has 19 heavy (non-hydrogen) atoms. The summed E-state index contributed by atoms with van der Waals surface area (Å²) in [6.45, 7) is 2.70. The van der Waals surface area contributed by atoms with E-state index in [0.29, 0.717) is 5.92 Å². The van der Waals surface area contributed by atoms with Crippen molar-refractivity contribution in [1.29, 1.82) is 0 Å². The topological polar surface area (TPSA) is 58.2 Å². The van der Waals surface area contributed by atoms with Gasteiger partial charge in [-0.1, -0.05) is 24.3 Å². The van der Waals surface area contributed by atoms with E-state index in [1.807, 2.05) is 38.2 Å². The van der Waals surface area contributed by atoms with Crippen molar-refractivity contribution in [2.24, 2.45) is 5.92 Å². The molecule has 4 nitrogen and oxygen atoms in total. The molecule has 0 aliphatic heterocycles. The highest BCUT2D eigenvalue weighted by Crippen LogP contribution is 2.32. The SMILES string of the molecule is CNCc1cccc(CS(=O)(=O)NC(C)C2CC2)c1. The molecule has 0 spiro atoms. The van der Waals surface area contributed by atoms with Crippen LogP contribution in [0.5, 0.6) is 0 Å². The summed E-state index contributed by atoms with van der Waals surface area (Å²) < 4.78 is 26.9. The fraction of sp³-hybridized carbons (Fsp3) is 0.571. The highest BCUT2D eigenvalue weighted by molar-refractivity contribution is 7.88. The van der Waals surface area contributed by atoms with Crippen LogP contribution in [0.1, 0.15) is 30.9 Å². The summed E-state index contributed by atoms with van der Waals surface area (Å²) in [6, 6.07) is 7.76. The number of hydrogen-bond donors (Lipinski definition) is 2. The van der Waals surface area contributed by atoms with E-state index in [1.165, 1.54) is 0 Å². The maximum atomic E-state index is 12.1. The fourth-order valence-corrected chi connectivity index (χ4v) is 3.73. The third-order valence-corrected chi connectivity index (χ3v) is 4.87. The summed E-state index contributed by atoms with van der Waals surface area (Å²) >= 11 is 0. The van der Waals surface area contributed by atoms with E-state index in [4.69, 9.17) is 0 Å². The summed E-state index contributed by atoms with van der Waals surface area (Å²) in [7, 11) is -1.36. The van der Waals surface area contributed by atoms with Crippen molar-refractivity contribution in [3.8, 4) is 0 Å². The zero-order valence-corrected chi connectivity index (χ0v) is 12.3. The van der Waals surface area contributed by atoms with Crippen molar-refractivity contribution in [2.75, 3.05) is 7.05 Å². The zero-order valence-electron chi connectivity index (χ0n) is 11.5. The number of nitrogens with one attached hydrogen (secondary N) is 2. The molecule has 0 heterocycles. The van der Waals surface area contributed by atoms with Crippen LogP contribution in [0, 0.1) is 5.92 Å². The largest absolute Gasteiger partial charge is 0.316 e. The summed E-state index contributed by atoms with van der Waals surface area (Å²) in [5.74, 6) is 0.590. The molecule has 0 saturated heterocycles. The van der Waals surface area contributed by atoms with E-state index >= 15 is 0 Å². The molecular formula is C14H22N2O2S. The highest BCUT2D eigenvalue weighted by atomic mass is 32.2. The lowest BCUT2D eigenvalue weighted by atomic mass is 10.1. The zero-order chi connectivity index (χ0) is 13.9. The lowest BCUT2D eigenvalue weighted by Gasteiger charge is -2.13. The minimum Gasteiger partial charge on any atom is -0.316 e. The van der Waals surface area contributed by atoms with Gasteiger partial charge in [-0.3, -0.25) is 0 Å². The van der Waals surface area contributed by atoms with Crippen LogP contribution < -0.4 is 10.0 Å². The minimum atomic E-state index is -3.24. The molecule has 0 bridgehead atoms. The van der Waals surface area contributed by atoms with E-state index in [-0.39, 0.29) is 11.8 Å². The third kappa shape index (κ3) is 4.60. The van der Waals surface area contributed by atoms with Gasteiger partial charge in [0.05, 0.1) is 5.75 Å². The molecule has 5 heteroatoms. The number of hydrogen-bond acceptors (Lipinski definition) is 3. The standard InChI is InChI=1S/C14H22N2O2S/c1-11(14-6-7-14)16-19(17,18)10-13-5-3-4-12(8-13)9-15-2/h3-5,8,11,14-16H,6-7,9-10H2,1-2H3. The first kappa shape index (κ1) is 14.5. The monoisotopic (exact) mass is 282 g/mol. The molecule has 1 aliphatic carbocycles. The molecule has 0 aromatic heterocycles. The second-order valence-electron chi connectivity index (χ2n) is 5.35. The molecule has 2 rings (SSSR count). The van der Waals surface area contributed by atoms with Gasteiger partial charge in [-0.15, -0.1) is 0 Å². The lowest BCUT2D eigenvalue weighted by molar-refractivity contribution is 0.537. The maximum Gasteiger partial charge on any atom is 0.216 e. The average Bonchev–Trinajstić information content (AvgIpc) is 3.12. The van der Waals surface area contributed by atoms with Gasteiger partial charge in [-0.05, 0) is 43.9 Å². The van der Waals surface area contributed by atoms with E-state index in [0.717, 1.165) is 30.5 Å². The Balaban J connectivity index is 2.00. The first-order valence-electron chi connectivity index (χ1n) is 6.72. The Labute approximate surface area is 115 Å². The molecular weight excluding hydrogens is 260 g/mol. The molecule has 1 aliphatic rings. The molecule has 0 amide bonds. The third-order valence-electron chi connectivity index (χ3n) is 3.42. The molecule has 106 valence electrons. The van der Waals surface area contributed by atoms with Crippen LogP contribution >= 0.6 is 0 Å². The first-order valence-corrected chi connectivity index (χ1v) is 8.38. The predicted octanol–water partition coefficient (Wildman–Crippen LogP) is 1.62. The van der Waals surface area contributed by atoms with E-state index in [2.05, 4.69) is 10.0 Å². The van der Waals surface area contributed by atoms with Gasteiger partial charge in [0, 0.05) is 12.6 Å². The Morgan fingerprint density at radius 2 is 2.00 bits per heavy atom. The van der Waals surface area contributed by atoms with Gasteiger partial charge in [-0.2, -0.15) is 0 Å². The van der Waals surface area contributed by atoms with Gasteiger partial charge >= 0.3 is 0 Å². The minimum absolute atomic E-state index is 0.0572. The second-order valence-corrected chi connectivity index (χ2v) is 7.11. The van der Waals surface area contributed by atoms with Gasteiger partial charge in [0.2, 0.25) is 10.0 Å². The van der Waals surface area contributed by atoms with Crippen LogP contribution in [-0.4, -0.2) is 21.5 Å². The molecule has 2 N–H and O–H groups in total. The fourth-order valence-electron chi connectivity index (χ4n) is 2.27. The van der Waals surface area contributed by atoms with E-state index in [9.17, 15) is 8.42 Å². The van der Waals surface area contributed by atoms with Gasteiger partial charge in [0.1, 0.15) is 0 Å². The lowest BCUT2D eigenvalue weighted by Crippen LogP contribution is -2.34. The van der Waals surface area contributed by atoms with E-state index in [1.54, 1.807) is 0 Å². The van der Waals surface area contributed by atoms with Crippen LogP contribution in [-0.2, 0) is 22.3 Å². The Morgan fingerprint density at radius 3 is 2.63 bits per heavy atom. The molecule has 1 saturated carbocycles. The van der Waals surface area contributed by atoms with Crippen molar-refractivity contribution in [2.45, 2.75) is 38.1 Å². The van der Waals surface area contributed by atoms with Crippen molar-refractivity contribution in [3.63, 3.8) is 0 Å². The molecule has 1 fully saturated rings. The van der Waals surface area contributed by atoms with Crippen LogP contribution in [0.15, 0.2) is 24.3 Å². The number of sulfonamides is 1. The van der Waals surface area contributed by atoms with Crippen molar-refractivity contribution in [1.82, 2.24) is 10.0 Å². The second kappa shape index (κ2) is 6.03. The van der Waals surface area contributed by atoms with Crippen LogP contribution in [0.4, 0.5) is 0 Å². The number of rotatable bonds is 7. The van der Waals surface area contributed by atoms with Crippen LogP contribution in [0.2, 0.25) is 0 Å². The summed E-state index contributed by atoms with van der Waals surface area (Å²) in [4.78, 5) is 0. The van der Waals surface area contributed by atoms with Gasteiger partial charge in [0.15, 0.2) is 0 Å². The van der Waals surface area contributed by atoms with Crippen molar-refractivity contribution >= 4 is 10.0 Å². The van der Waals surface area contributed by atoms with Crippen LogP contribution in [0.25, 0.3) is 0 Å². The Kier molecular flexibility index (Phi) is 4.60. The van der Waals surface area contributed by atoms with E-state index < -0.39 is 10.0 Å². The van der Waals surface area contributed by atoms with Gasteiger partial charge in [0.25, 0.3) is 0 Å². The molecule has 1 atom stereocenters. The maximum absolute atomic E-state index is 12.1. The first-order chi connectivity index (χ1) is 9.00.